The fourth-order valence-corrected chi connectivity index (χ4v) is 4.27. The lowest BCUT2D eigenvalue weighted by molar-refractivity contribution is -0.114. The van der Waals surface area contributed by atoms with Gasteiger partial charge in [0.25, 0.3) is 10.0 Å². The molecule has 0 atom stereocenters. The molecular formula is C13H14N4O3S2. The summed E-state index contributed by atoms with van der Waals surface area (Å²) in [6, 6.07) is 7.89. The van der Waals surface area contributed by atoms with Crippen LogP contribution in [0.15, 0.2) is 34.2 Å². The SMILES string of the molecule is CC(=O)Nc1ccc(S(=O)(=O)N2CCN=C2SCC#N)cc1. The van der Waals surface area contributed by atoms with Gasteiger partial charge in [-0.3, -0.25) is 9.79 Å². The Morgan fingerprint density at radius 1 is 1.45 bits per heavy atom. The summed E-state index contributed by atoms with van der Waals surface area (Å²) in [6.07, 6.45) is 0. The van der Waals surface area contributed by atoms with Crippen molar-refractivity contribution in [2.75, 3.05) is 24.2 Å². The van der Waals surface area contributed by atoms with Crippen molar-refractivity contribution in [1.29, 1.82) is 5.26 Å². The molecule has 0 saturated carbocycles. The molecule has 2 rings (SSSR count). The van der Waals surface area contributed by atoms with Gasteiger partial charge in [-0.05, 0) is 24.3 Å². The number of hydrogen-bond donors (Lipinski definition) is 1. The summed E-state index contributed by atoms with van der Waals surface area (Å²) in [4.78, 5) is 15.2. The molecule has 1 N–H and O–H groups in total. The number of hydrogen-bond acceptors (Lipinski definition) is 6. The zero-order valence-corrected chi connectivity index (χ0v) is 13.4. The van der Waals surface area contributed by atoms with Crippen molar-refractivity contribution < 1.29 is 13.2 Å². The van der Waals surface area contributed by atoms with E-state index in [0.717, 1.165) is 11.8 Å². The first-order valence-corrected chi connectivity index (χ1v) is 8.82. The third kappa shape index (κ3) is 3.58. The van der Waals surface area contributed by atoms with Crippen molar-refractivity contribution >= 4 is 38.5 Å². The molecule has 116 valence electrons. The van der Waals surface area contributed by atoms with Crippen LogP contribution in [0.3, 0.4) is 0 Å². The van der Waals surface area contributed by atoms with Gasteiger partial charge in [0, 0.05) is 12.6 Å². The molecule has 0 fully saturated rings. The Bertz CT molecular complexity index is 736. The Hall–Kier alpha value is -2.05. The first kappa shape index (κ1) is 16.3. The maximum Gasteiger partial charge on any atom is 0.265 e. The zero-order chi connectivity index (χ0) is 16.2. The number of rotatable bonds is 4. The molecule has 1 heterocycles. The van der Waals surface area contributed by atoms with E-state index >= 15 is 0 Å². The number of carbonyl (C=O) groups is 1. The Morgan fingerprint density at radius 3 is 2.73 bits per heavy atom. The summed E-state index contributed by atoms with van der Waals surface area (Å²) in [7, 11) is -3.70. The Kier molecular flexibility index (Phi) is 5.05. The second-order valence-electron chi connectivity index (χ2n) is 4.39. The first-order valence-electron chi connectivity index (χ1n) is 6.40. The van der Waals surface area contributed by atoms with E-state index in [1.165, 1.54) is 35.5 Å². The first-order chi connectivity index (χ1) is 10.4. The molecular weight excluding hydrogens is 324 g/mol. The van der Waals surface area contributed by atoms with Crippen LogP contribution >= 0.6 is 11.8 Å². The Balaban J connectivity index is 2.21. The van der Waals surface area contributed by atoms with Gasteiger partial charge >= 0.3 is 0 Å². The predicted molar refractivity (Wildman–Crippen MR) is 85.0 cm³/mol. The fourth-order valence-electron chi connectivity index (χ4n) is 1.89. The van der Waals surface area contributed by atoms with Crippen LogP contribution in [0.25, 0.3) is 0 Å². The van der Waals surface area contributed by atoms with Crippen molar-refractivity contribution in [3.63, 3.8) is 0 Å². The number of nitriles is 1. The van der Waals surface area contributed by atoms with Crippen LogP contribution in [0.4, 0.5) is 5.69 Å². The molecule has 1 aliphatic heterocycles. The predicted octanol–water partition coefficient (Wildman–Crippen LogP) is 1.26. The highest BCUT2D eigenvalue weighted by atomic mass is 32.2. The second kappa shape index (κ2) is 6.81. The highest BCUT2D eigenvalue weighted by Crippen LogP contribution is 2.24. The third-order valence-electron chi connectivity index (χ3n) is 2.79. The summed E-state index contributed by atoms with van der Waals surface area (Å²) in [5, 5.41) is 11.5. The summed E-state index contributed by atoms with van der Waals surface area (Å²) in [6.45, 7) is 2.03. The van der Waals surface area contributed by atoms with Crippen LogP contribution in [0, 0.1) is 11.3 Å². The monoisotopic (exact) mass is 338 g/mol. The molecule has 0 aromatic heterocycles. The average Bonchev–Trinajstić information content (AvgIpc) is 2.94. The number of benzene rings is 1. The molecule has 0 bridgehead atoms. The summed E-state index contributed by atoms with van der Waals surface area (Å²) in [5.74, 6) is -0.0794. The molecule has 1 aromatic rings. The Morgan fingerprint density at radius 2 is 2.14 bits per heavy atom. The fraction of sp³-hybridized carbons (Fsp3) is 0.308. The topological polar surface area (TPSA) is 103 Å². The van der Waals surface area contributed by atoms with Crippen LogP contribution in [0.1, 0.15) is 6.92 Å². The molecule has 7 nitrogen and oxygen atoms in total. The van der Waals surface area contributed by atoms with Gasteiger partial charge in [0.1, 0.15) is 0 Å². The van der Waals surface area contributed by atoms with E-state index in [2.05, 4.69) is 10.3 Å². The van der Waals surface area contributed by atoms with Gasteiger partial charge < -0.3 is 5.32 Å². The van der Waals surface area contributed by atoms with Crippen LogP contribution in [-0.4, -0.2) is 42.6 Å². The average molecular weight is 338 g/mol. The van der Waals surface area contributed by atoms with Gasteiger partial charge in [0.15, 0.2) is 5.17 Å². The van der Waals surface area contributed by atoms with Crippen molar-refractivity contribution in [1.82, 2.24) is 4.31 Å². The zero-order valence-electron chi connectivity index (χ0n) is 11.8. The molecule has 1 aliphatic rings. The van der Waals surface area contributed by atoms with E-state index < -0.39 is 10.0 Å². The van der Waals surface area contributed by atoms with Gasteiger partial charge in [-0.2, -0.15) is 5.26 Å². The van der Waals surface area contributed by atoms with Gasteiger partial charge in [0.2, 0.25) is 5.91 Å². The van der Waals surface area contributed by atoms with Crippen molar-refractivity contribution in [3.05, 3.63) is 24.3 Å². The van der Waals surface area contributed by atoms with Crippen molar-refractivity contribution in [2.45, 2.75) is 11.8 Å². The van der Waals surface area contributed by atoms with E-state index in [9.17, 15) is 13.2 Å². The van der Waals surface area contributed by atoms with Gasteiger partial charge in [-0.1, -0.05) is 11.8 Å². The molecule has 1 aromatic carbocycles. The number of amidine groups is 1. The number of carbonyl (C=O) groups excluding carboxylic acids is 1. The molecule has 9 heteroatoms. The van der Waals surface area contributed by atoms with Crippen molar-refractivity contribution in [2.24, 2.45) is 4.99 Å². The van der Waals surface area contributed by atoms with Crippen LogP contribution in [0.5, 0.6) is 0 Å². The largest absolute Gasteiger partial charge is 0.326 e. The normalized spacial score (nSPS) is 14.4. The lowest BCUT2D eigenvalue weighted by Gasteiger charge is -2.19. The standard InChI is InChI=1S/C13H14N4O3S2/c1-10(18)16-11-2-4-12(5-3-11)22(19,20)17-8-7-15-13(17)21-9-6-14/h2-5H,7-9H2,1H3,(H,16,18). The van der Waals surface area contributed by atoms with E-state index in [0.29, 0.717) is 17.4 Å². The minimum atomic E-state index is -3.70. The van der Waals surface area contributed by atoms with Crippen molar-refractivity contribution in [3.8, 4) is 6.07 Å². The Labute approximate surface area is 133 Å². The minimum absolute atomic E-state index is 0.119. The third-order valence-corrected chi connectivity index (χ3v) is 5.59. The number of anilines is 1. The van der Waals surface area contributed by atoms with E-state index in [1.807, 2.05) is 6.07 Å². The summed E-state index contributed by atoms with van der Waals surface area (Å²) in [5.41, 5.74) is 0.528. The maximum absolute atomic E-state index is 12.6. The highest BCUT2D eigenvalue weighted by molar-refractivity contribution is 8.15. The lowest BCUT2D eigenvalue weighted by atomic mass is 10.3. The van der Waals surface area contributed by atoms with Gasteiger partial charge in [0.05, 0.1) is 29.8 Å². The molecule has 0 unspecified atom stereocenters. The van der Waals surface area contributed by atoms with Gasteiger partial charge in [-0.25, -0.2) is 12.7 Å². The van der Waals surface area contributed by atoms with Crippen LogP contribution in [0.2, 0.25) is 0 Å². The minimum Gasteiger partial charge on any atom is -0.326 e. The number of nitrogens with zero attached hydrogens (tertiary/aromatic N) is 3. The summed E-state index contributed by atoms with van der Waals surface area (Å²) >= 11 is 1.10. The summed E-state index contributed by atoms with van der Waals surface area (Å²) < 4.78 is 26.4. The quantitative estimate of drug-likeness (QED) is 0.890. The van der Waals surface area contributed by atoms with Crippen LogP contribution < -0.4 is 5.32 Å². The smallest absolute Gasteiger partial charge is 0.265 e. The van der Waals surface area contributed by atoms with Crippen LogP contribution in [-0.2, 0) is 14.8 Å². The molecule has 0 saturated heterocycles. The van der Waals surface area contributed by atoms with E-state index in [4.69, 9.17) is 5.26 Å². The number of sulfonamides is 1. The molecule has 0 radical (unpaired) electrons. The molecule has 0 spiro atoms. The molecule has 1 amide bonds. The number of aliphatic imine (C=N–C) groups is 1. The number of thioether (sulfide) groups is 1. The molecule has 0 aliphatic carbocycles. The van der Waals surface area contributed by atoms with E-state index in [1.54, 1.807) is 0 Å². The molecule has 22 heavy (non-hydrogen) atoms. The maximum atomic E-state index is 12.6. The second-order valence-corrected chi connectivity index (χ2v) is 7.20. The van der Waals surface area contributed by atoms with Gasteiger partial charge in [-0.15, -0.1) is 0 Å². The highest BCUT2D eigenvalue weighted by Gasteiger charge is 2.30. The lowest BCUT2D eigenvalue weighted by Crippen LogP contribution is -2.33. The van der Waals surface area contributed by atoms with E-state index in [-0.39, 0.29) is 23.1 Å². The number of nitrogens with one attached hydrogen (secondary N) is 1. The number of amides is 1.